The summed E-state index contributed by atoms with van der Waals surface area (Å²) in [5.74, 6) is 0. The molecule has 1 rings (SSSR count). The van der Waals surface area contributed by atoms with Crippen molar-refractivity contribution in [2.24, 2.45) is 0 Å². The largest absolute Gasteiger partial charge is 0.385 e. The highest BCUT2D eigenvalue weighted by atomic mass is 16.5. The molecule has 0 aliphatic heterocycles. The molecule has 112 valence electrons. The van der Waals surface area contributed by atoms with Crippen molar-refractivity contribution >= 4 is 0 Å². The first-order valence-corrected chi connectivity index (χ1v) is 7.31. The molecule has 1 aromatic rings. The molecule has 0 aliphatic rings. The van der Waals surface area contributed by atoms with Crippen LogP contribution in [0.5, 0.6) is 0 Å². The average Bonchev–Trinajstić information content (AvgIpc) is 2.48. The van der Waals surface area contributed by atoms with Gasteiger partial charge in [-0.3, -0.25) is 0 Å². The Morgan fingerprint density at radius 2 is 1.47 bits per heavy atom. The van der Waals surface area contributed by atoms with E-state index >= 15 is 0 Å². The zero-order chi connectivity index (χ0) is 15.1. The molecule has 0 heterocycles. The molecule has 0 aliphatic carbocycles. The minimum atomic E-state index is -0.119. The Kier molecular flexibility index (Phi) is 14.6. The topological polar surface area (TPSA) is 18.5 Å². The highest BCUT2D eigenvalue weighted by Gasteiger charge is 2.17. The van der Waals surface area contributed by atoms with Crippen molar-refractivity contribution < 1.29 is 9.47 Å². The molecule has 0 N–H and O–H groups in total. The maximum atomic E-state index is 5.84. The Morgan fingerprint density at radius 3 is 1.95 bits per heavy atom. The van der Waals surface area contributed by atoms with E-state index in [1.165, 1.54) is 5.56 Å². The van der Waals surface area contributed by atoms with Gasteiger partial charge in [-0.05, 0) is 25.8 Å². The summed E-state index contributed by atoms with van der Waals surface area (Å²) in [4.78, 5) is 0. The average molecular weight is 268 g/mol. The molecule has 0 unspecified atom stereocenters. The summed E-state index contributed by atoms with van der Waals surface area (Å²) in [5, 5.41) is 0. The fraction of sp³-hybridized carbons (Fsp3) is 0.647. The Bertz CT molecular complexity index is 268. The van der Waals surface area contributed by atoms with Crippen LogP contribution < -0.4 is 0 Å². The summed E-state index contributed by atoms with van der Waals surface area (Å²) in [5.41, 5.74) is 1.09. The Morgan fingerprint density at radius 1 is 0.947 bits per heavy atom. The molecule has 0 radical (unpaired) electrons. The van der Waals surface area contributed by atoms with Crippen LogP contribution in [0.4, 0.5) is 0 Å². The van der Waals surface area contributed by atoms with E-state index in [2.05, 4.69) is 26.0 Å². The van der Waals surface area contributed by atoms with Gasteiger partial charge in [-0.15, -0.1) is 0 Å². The number of ether oxygens (including phenoxy) is 2. The predicted molar refractivity (Wildman–Crippen MR) is 84.5 cm³/mol. The lowest BCUT2D eigenvalue weighted by Crippen LogP contribution is -2.25. The van der Waals surface area contributed by atoms with Crippen molar-refractivity contribution in [1.29, 1.82) is 0 Å². The third-order valence-electron chi connectivity index (χ3n) is 2.38. The fourth-order valence-corrected chi connectivity index (χ4v) is 1.27. The van der Waals surface area contributed by atoms with Gasteiger partial charge in [-0.1, -0.05) is 58.0 Å². The van der Waals surface area contributed by atoms with E-state index in [0.717, 1.165) is 13.0 Å². The monoisotopic (exact) mass is 268 g/mol. The summed E-state index contributed by atoms with van der Waals surface area (Å²) in [6.07, 6.45) is 0.913. The molecule has 2 heteroatoms. The first-order valence-electron chi connectivity index (χ1n) is 7.31. The second kappa shape index (κ2) is 13.6. The summed E-state index contributed by atoms with van der Waals surface area (Å²) >= 11 is 0. The van der Waals surface area contributed by atoms with Gasteiger partial charge in [0.25, 0.3) is 0 Å². The molecule has 0 saturated carbocycles. The number of methoxy groups -OCH3 is 1. The normalized spacial score (nSPS) is 9.84. The van der Waals surface area contributed by atoms with Crippen LogP contribution in [0.25, 0.3) is 0 Å². The van der Waals surface area contributed by atoms with Gasteiger partial charge in [-0.25, -0.2) is 0 Å². The van der Waals surface area contributed by atoms with Crippen LogP contribution >= 0.6 is 0 Å². The van der Waals surface area contributed by atoms with E-state index in [9.17, 15) is 0 Å². The Balaban J connectivity index is 0. The zero-order valence-corrected chi connectivity index (χ0v) is 13.8. The number of rotatable bonds is 6. The van der Waals surface area contributed by atoms with Gasteiger partial charge >= 0.3 is 0 Å². The van der Waals surface area contributed by atoms with Crippen molar-refractivity contribution in [2.45, 2.75) is 60.2 Å². The molecule has 0 amide bonds. The van der Waals surface area contributed by atoms with Gasteiger partial charge in [-0.2, -0.15) is 0 Å². The summed E-state index contributed by atoms with van der Waals surface area (Å²) in [6.45, 7) is 13.6. The molecule has 0 fully saturated rings. The smallest absolute Gasteiger partial charge is 0.0724 e. The van der Waals surface area contributed by atoms with Crippen LogP contribution in [0.15, 0.2) is 30.3 Å². The number of hydrogen-bond acceptors (Lipinski definition) is 2. The van der Waals surface area contributed by atoms with Crippen LogP contribution in [-0.4, -0.2) is 19.3 Å². The van der Waals surface area contributed by atoms with Crippen LogP contribution in [0.1, 0.15) is 53.5 Å². The Hall–Kier alpha value is -0.860. The molecule has 2 nitrogen and oxygen atoms in total. The van der Waals surface area contributed by atoms with Gasteiger partial charge in [0.05, 0.1) is 12.2 Å². The van der Waals surface area contributed by atoms with Crippen LogP contribution in [0, 0.1) is 0 Å². The van der Waals surface area contributed by atoms with Crippen molar-refractivity contribution in [3.8, 4) is 0 Å². The number of benzene rings is 1. The molecule has 19 heavy (non-hydrogen) atoms. The van der Waals surface area contributed by atoms with Crippen molar-refractivity contribution in [3.63, 3.8) is 0 Å². The molecule has 1 aromatic carbocycles. The second-order valence-electron chi connectivity index (χ2n) is 4.28. The maximum absolute atomic E-state index is 5.84. The van der Waals surface area contributed by atoms with E-state index in [1.807, 2.05) is 45.9 Å². The molecule has 0 atom stereocenters. The third kappa shape index (κ3) is 11.9. The molecular formula is C17H32O2. The minimum absolute atomic E-state index is 0.119. The van der Waals surface area contributed by atoms with Gasteiger partial charge in [0.15, 0.2) is 0 Å². The Labute approximate surface area is 120 Å². The highest BCUT2D eigenvalue weighted by molar-refractivity contribution is 5.13. The molecule has 0 saturated heterocycles. The van der Waals surface area contributed by atoms with E-state index < -0.39 is 0 Å². The summed E-state index contributed by atoms with van der Waals surface area (Å²) in [7, 11) is 1.72. The lowest BCUT2D eigenvalue weighted by atomic mass is 10.1. The summed E-state index contributed by atoms with van der Waals surface area (Å²) in [6, 6.07) is 10.2. The quantitative estimate of drug-likeness (QED) is 0.717. The third-order valence-corrected chi connectivity index (χ3v) is 2.38. The molecule has 0 spiro atoms. The van der Waals surface area contributed by atoms with Gasteiger partial charge in [0, 0.05) is 13.7 Å². The van der Waals surface area contributed by atoms with E-state index in [0.29, 0.717) is 6.61 Å². The molecular weight excluding hydrogens is 236 g/mol. The summed E-state index contributed by atoms with van der Waals surface area (Å²) < 4.78 is 10.9. The van der Waals surface area contributed by atoms with E-state index in [1.54, 1.807) is 7.11 Å². The van der Waals surface area contributed by atoms with Crippen LogP contribution in [0.3, 0.4) is 0 Å². The van der Waals surface area contributed by atoms with Gasteiger partial charge in [0.2, 0.25) is 0 Å². The minimum Gasteiger partial charge on any atom is -0.385 e. The lowest BCUT2D eigenvalue weighted by molar-refractivity contribution is -0.0469. The predicted octanol–water partition coefficient (Wildman–Crippen LogP) is 5.07. The molecule has 0 aromatic heterocycles. The fourth-order valence-electron chi connectivity index (χ4n) is 1.27. The maximum Gasteiger partial charge on any atom is 0.0724 e. The van der Waals surface area contributed by atoms with Gasteiger partial charge in [0.1, 0.15) is 0 Å². The van der Waals surface area contributed by atoms with Crippen molar-refractivity contribution in [2.75, 3.05) is 13.7 Å². The first-order chi connectivity index (χ1) is 9.14. The van der Waals surface area contributed by atoms with Crippen molar-refractivity contribution in [3.05, 3.63) is 35.9 Å². The second-order valence-corrected chi connectivity index (χ2v) is 4.28. The van der Waals surface area contributed by atoms with Crippen LogP contribution in [0.2, 0.25) is 0 Å². The van der Waals surface area contributed by atoms with Gasteiger partial charge < -0.3 is 9.47 Å². The zero-order valence-electron chi connectivity index (χ0n) is 13.8. The molecule has 0 bridgehead atoms. The van der Waals surface area contributed by atoms with E-state index in [4.69, 9.17) is 9.47 Å². The highest BCUT2D eigenvalue weighted by Crippen LogP contribution is 2.16. The van der Waals surface area contributed by atoms with Crippen LogP contribution in [-0.2, 0) is 16.1 Å². The van der Waals surface area contributed by atoms with Crippen molar-refractivity contribution in [1.82, 2.24) is 0 Å². The van der Waals surface area contributed by atoms with E-state index in [-0.39, 0.29) is 5.60 Å². The first kappa shape index (κ1) is 20.5. The number of hydrogen-bond donors (Lipinski definition) is 0. The lowest BCUT2D eigenvalue weighted by Gasteiger charge is -2.25. The SMILES string of the molecule is CC.CC.COCCC(C)(C)OCc1ccccc1. The standard InChI is InChI=1S/C13H20O2.2C2H6/c1-13(2,9-10-14-3)15-11-12-7-5-4-6-8-12;2*1-2/h4-8H,9-11H2,1-3H3;2*1-2H3.